The summed E-state index contributed by atoms with van der Waals surface area (Å²) in [6.45, 7) is 3.33. The molecule has 1 aliphatic heterocycles. The van der Waals surface area contributed by atoms with Crippen molar-refractivity contribution in [2.24, 2.45) is 0 Å². The molecule has 2 aromatic rings. The van der Waals surface area contributed by atoms with Crippen LogP contribution < -0.4 is 0 Å². The Balaban J connectivity index is 1.46. The maximum atomic E-state index is 12.4. The van der Waals surface area contributed by atoms with Gasteiger partial charge >= 0.3 is 0 Å². The Kier molecular flexibility index (Phi) is 6.75. The Morgan fingerprint density at radius 2 is 1.79 bits per heavy atom. The highest BCUT2D eigenvalue weighted by Gasteiger charge is 2.19. The van der Waals surface area contributed by atoms with E-state index in [2.05, 4.69) is 16.8 Å². The number of aromatic nitrogens is 1. The fourth-order valence-electron chi connectivity index (χ4n) is 3.16. The molecule has 4 nitrogen and oxygen atoms in total. The van der Waals surface area contributed by atoms with Crippen molar-refractivity contribution in [3.8, 4) is 11.8 Å². The van der Waals surface area contributed by atoms with E-state index in [0.717, 1.165) is 24.2 Å². The largest absolute Gasteiger partial charge is 0.342 e. The average Bonchev–Trinajstić information content (AvgIpc) is 2.73. The number of ketones is 1. The first-order valence-corrected chi connectivity index (χ1v) is 9.61. The Morgan fingerprint density at radius 3 is 2.50 bits per heavy atom. The summed E-state index contributed by atoms with van der Waals surface area (Å²) in [5, 5.41) is 0. The summed E-state index contributed by atoms with van der Waals surface area (Å²) in [6, 6.07) is 14.9. The lowest BCUT2D eigenvalue weighted by molar-refractivity contribution is -0.131. The van der Waals surface area contributed by atoms with Crippen molar-refractivity contribution < 1.29 is 9.59 Å². The Hall–Kier alpha value is -3.19. The predicted octanol–water partition coefficient (Wildman–Crippen LogP) is 3.95. The number of Topliss-reactive ketones (excluding diaryl/α,β-unsaturated/α-hetero) is 1. The molecule has 0 bridgehead atoms. The number of piperidine rings is 1. The number of carbonyl (C=O) groups excluding carboxylic acids is 2. The smallest absolute Gasteiger partial charge is 0.223 e. The van der Waals surface area contributed by atoms with Crippen LogP contribution in [0.4, 0.5) is 0 Å². The molecule has 142 valence electrons. The highest BCUT2D eigenvalue weighted by Crippen LogP contribution is 2.17. The van der Waals surface area contributed by atoms with Crippen LogP contribution in [0.15, 0.2) is 60.2 Å². The molecule has 0 unspecified atom stereocenters. The lowest BCUT2D eigenvalue weighted by Crippen LogP contribution is -2.36. The molecule has 0 atom stereocenters. The molecule has 1 aliphatic rings. The van der Waals surface area contributed by atoms with E-state index in [9.17, 15) is 9.59 Å². The number of hydrogen-bond donors (Lipinski definition) is 0. The van der Waals surface area contributed by atoms with E-state index in [1.54, 1.807) is 12.1 Å². The molecule has 4 heteroatoms. The van der Waals surface area contributed by atoms with Crippen LogP contribution in [0.5, 0.6) is 0 Å². The van der Waals surface area contributed by atoms with Crippen molar-refractivity contribution in [3.05, 3.63) is 77.1 Å². The van der Waals surface area contributed by atoms with Gasteiger partial charge in [-0.1, -0.05) is 47.9 Å². The molecule has 0 N–H and O–H groups in total. The van der Waals surface area contributed by atoms with E-state index in [0.29, 0.717) is 18.7 Å². The highest BCUT2D eigenvalue weighted by atomic mass is 16.2. The fraction of sp³-hybridized carbons (Fsp3) is 0.292. The number of carbonyl (C=O) groups is 2. The third-order valence-electron chi connectivity index (χ3n) is 4.78. The van der Waals surface area contributed by atoms with Crippen LogP contribution in [0.25, 0.3) is 0 Å². The van der Waals surface area contributed by atoms with E-state index in [-0.39, 0.29) is 24.5 Å². The van der Waals surface area contributed by atoms with Crippen molar-refractivity contribution in [3.63, 3.8) is 0 Å². The molecule has 1 fully saturated rings. The van der Waals surface area contributed by atoms with Crippen molar-refractivity contribution in [1.29, 1.82) is 0 Å². The monoisotopic (exact) mass is 372 g/mol. The highest BCUT2D eigenvalue weighted by molar-refractivity contribution is 5.97. The zero-order valence-corrected chi connectivity index (χ0v) is 16.1. The van der Waals surface area contributed by atoms with Gasteiger partial charge in [0.1, 0.15) is 5.69 Å². The number of allylic oxidation sites excluding steroid dienone is 1. The number of likely N-dealkylation sites (tertiary alicyclic amines) is 1. The van der Waals surface area contributed by atoms with Crippen molar-refractivity contribution >= 4 is 11.7 Å². The average molecular weight is 372 g/mol. The third kappa shape index (κ3) is 5.65. The number of nitrogens with zero attached hydrogens (tertiary/aromatic N) is 2. The van der Waals surface area contributed by atoms with Gasteiger partial charge in [0.2, 0.25) is 5.91 Å². The molecule has 1 aromatic heterocycles. The zero-order valence-electron chi connectivity index (χ0n) is 16.1. The first-order chi connectivity index (χ1) is 13.6. The number of aryl methyl sites for hydroxylation is 1. The second-order valence-corrected chi connectivity index (χ2v) is 6.91. The molecule has 1 amide bonds. The third-order valence-corrected chi connectivity index (χ3v) is 4.78. The quantitative estimate of drug-likeness (QED) is 0.603. The van der Waals surface area contributed by atoms with Gasteiger partial charge in [-0.15, -0.1) is 0 Å². The van der Waals surface area contributed by atoms with Crippen LogP contribution in [0.3, 0.4) is 0 Å². The minimum atomic E-state index is 0.0200. The molecule has 0 aliphatic carbocycles. The van der Waals surface area contributed by atoms with E-state index in [4.69, 9.17) is 0 Å². The maximum Gasteiger partial charge on any atom is 0.223 e. The maximum absolute atomic E-state index is 12.4. The predicted molar refractivity (Wildman–Crippen MR) is 110 cm³/mol. The Morgan fingerprint density at radius 1 is 1.04 bits per heavy atom. The summed E-state index contributed by atoms with van der Waals surface area (Å²) in [6.07, 6.45) is 4.13. The summed E-state index contributed by atoms with van der Waals surface area (Å²) in [7, 11) is 0. The molecule has 1 aromatic carbocycles. The van der Waals surface area contributed by atoms with Crippen molar-refractivity contribution in [1.82, 2.24) is 9.88 Å². The number of hydrogen-bond acceptors (Lipinski definition) is 3. The summed E-state index contributed by atoms with van der Waals surface area (Å²) >= 11 is 0. The molecule has 0 radical (unpaired) electrons. The van der Waals surface area contributed by atoms with Gasteiger partial charge in [-0.05, 0) is 43.9 Å². The molecule has 0 spiro atoms. The van der Waals surface area contributed by atoms with E-state index in [1.807, 2.05) is 54.3 Å². The van der Waals surface area contributed by atoms with Gasteiger partial charge in [-0.2, -0.15) is 0 Å². The van der Waals surface area contributed by atoms with Gasteiger partial charge < -0.3 is 4.90 Å². The van der Waals surface area contributed by atoms with Crippen LogP contribution in [0.2, 0.25) is 0 Å². The molecular formula is C24H24N2O2. The second kappa shape index (κ2) is 9.66. The zero-order chi connectivity index (χ0) is 19.8. The first-order valence-electron chi connectivity index (χ1n) is 9.61. The molecule has 3 rings (SSSR count). The van der Waals surface area contributed by atoms with Crippen molar-refractivity contribution in [2.45, 2.75) is 32.6 Å². The lowest BCUT2D eigenvalue weighted by atomic mass is 10.0. The molecule has 1 saturated heterocycles. The standard InChI is InChI=1S/C24H24N2O2/c1-19-7-5-11-22(25-19)12-6-8-20-15-17-26(18-16-20)24(28)14-13-23(27)21-9-3-2-4-10-21/h2-5,7-11H,13-18H2,1H3. The lowest BCUT2D eigenvalue weighted by Gasteiger charge is -2.28. The van der Waals surface area contributed by atoms with Crippen LogP contribution in [-0.4, -0.2) is 34.7 Å². The molecule has 0 saturated carbocycles. The second-order valence-electron chi connectivity index (χ2n) is 6.91. The summed E-state index contributed by atoms with van der Waals surface area (Å²) in [5.41, 5.74) is 3.65. The number of benzene rings is 1. The van der Waals surface area contributed by atoms with Crippen LogP contribution in [0.1, 0.15) is 47.4 Å². The SMILES string of the molecule is Cc1cccc(C#CC=C2CCN(C(=O)CCC(=O)c3ccccc3)CC2)n1. The number of rotatable bonds is 4. The molecular weight excluding hydrogens is 348 g/mol. The number of pyridine rings is 1. The first kappa shape index (κ1) is 19.6. The fourth-order valence-corrected chi connectivity index (χ4v) is 3.16. The Labute approximate surface area is 166 Å². The van der Waals surface area contributed by atoms with Gasteiger partial charge in [0.25, 0.3) is 0 Å². The van der Waals surface area contributed by atoms with E-state index in [1.165, 1.54) is 5.57 Å². The van der Waals surface area contributed by atoms with Crippen molar-refractivity contribution in [2.75, 3.05) is 13.1 Å². The minimum absolute atomic E-state index is 0.0200. The molecule has 2 heterocycles. The topological polar surface area (TPSA) is 50.3 Å². The summed E-state index contributed by atoms with van der Waals surface area (Å²) < 4.78 is 0. The Bertz CT molecular complexity index is 926. The molecule has 28 heavy (non-hydrogen) atoms. The van der Waals surface area contributed by atoms with Gasteiger partial charge in [-0.25, -0.2) is 4.98 Å². The van der Waals surface area contributed by atoms with Gasteiger partial charge in [0, 0.05) is 37.2 Å². The van der Waals surface area contributed by atoms with E-state index >= 15 is 0 Å². The minimum Gasteiger partial charge on any atom is -0.342 e. The van der Waals surface area contributed by atoms with E-state index < -0.39 is 0 Å². The normalized spacial score (nSPS) is 13.5. The summed E-state index contributed by atoms with van der Waals surface area (Å²) in [5.74, 6) is 6.21. The van der Waals surface area contributed by atoms with Gasteiger partial charge in [0.15, 0.2) is 5.78 Å². The number of amides is 1. The van der Waals surface area contributed by atoms with Crippen LogP contribution >= 0.6 is 0 Å². The van der Waals surface area contributed by atoms with Crippen LogP contribution in [0, 0.1) is 18.8 Å². The van der Waals surface area contributed by atoms with Gasteiger partial charge in [0.05, 0.1) is 0 Å². The van der Waals surface area contributed by atoms with Gasteiger partial charge in [-0.3, -0.25) is 9.59 Å². The van der Waals surface area contributed by atoms with Crippen LogP contribution in [-0.2, 0) is 4.79 Å². The summed E-state index contributed by atoms with van der Waals surface area (Å²) in [4.78, 5) is 30.7.